The fourth-order valence-corrected chi connectivity index (χ4v) is 2.55. The van der Waals surface area contributed by atoms with E-state index in [0.29, 0.717) is 12.8 Å². The Bertz CT molecular complexity index is 505. The summed E-state index contributed by atoms with van der Waals surface area (Å²) in [5.74, 6) is -0.981. The number of aliphatic hydroxyl groups is 1. The molecule has 0 unspecified atom stereocenters. The van der Waals surface area contributed by atoms with Crippen LogP contribution in [0.25, 0.3) is 0 Å². The highest BCUT2D eigenvalue weighted by atomic mass is 127. The molecular weight excluding hydrogens is 383 g/mol. The van der Waals surface area contributed by atoms with Crippen LogP contribution >= 0.6 is 22.6 Å². The topological polar surface area (TPSA) is 92.4 Å². The molecule has 2 atom stereocenters. The standard InChI is InChI=1S/C15H21IN2O3/c1-9(2)6-13(19)15(21)18-12(14(17)20)8-10-4-3-5-11(16)7-10/h3-5,7,9,12-13,19H,6,8H2,1-2H3,(H2,17,20)(H,18,21)/t12-,13-/m1/s1. The molecular formula is C15H21IN2O3. The van der Waals surface area contributed by atoms with E-state index in [4.69, 9.17) is 5.73 Å². The first-order valence-electron chi connectivity index (χ1n) is 6.81. The maximum absolute atomic E-state index is 11.9. The van der Waals surface area contributed by atoms with E-state index in [0.717, 1.165) is 9.13 Å². The second kappa shape index (κ2) is 8.33. The van der Waals surface area contributed by atoms with E-state index < -0.39 is 24.0 Å². The molecule has 116 valence electrons. The van der Waals surface area contributed by atoms with Crippen LogP contribution in [0.3, 0.4) is 0 Å². The Labute approximate surface area is 138 Å². The SMILES string of the molecule is CC(C)C[C@@H](O)C(=O)N[C@H](Cc1cccc(I)c1)C(N)=O. The maximum atomic E-state index is 11.9. The number of aliphatic hydroxyl groups excluding tert-OH is 1. The third-order valence-corrected chi connectivity index (χ3v) is 3.66. The molecule has 1 rings (SSSR count). The van der Waals surface area contributed by atoms with Gasteiger partial charge in [0.05, 0.1) is 0 Å². The minimum absolute atomic E-state index is 0.188. The number of primary amides is 1. The van der Waals surface area contributed by atoms with E-state index in [2.05, 4.69) is 27.9 Å². The van der Waals surface area contributed by atoms with Crippen LogP contribution in [0.4, 0.5) is 0 Å². The van der Waals surface area contributed by atoms with Crippen molar-refractivity contribution in [3.8, 4) is 0 Å². The van der Waals surface area contributed by atoms with Crippen molar-refractivity contribution in [3.05, 3.63) is 33.4 Å². The predicted molar refractivity (Wildman–Crippen MR) is 89.4 cm³/mol. The maximum Gasteiger partial charge on any atom is 0.249 e. The summed E-state index contributed by atoms with van der Waals surface area (Å²) in [4.78, 5) is 23.4. The second-order valence-corrected chi connectivity index (χ2v) is 6.69. The monoisotopic (exact) mass is 404 g/mol. The zero-order chi connectivity index (χ0) is 16.0. The van der Waals surface area contributed by atoms with Gasteiger partial charge < -0.3 is 16.2 Å². The number of nitrogens with two attached hydrogens (primary N) is 1. The molecule has 0 saturated heterocycles. The highest BCUT2D eigenvalue weighted by Gasteiger charge is 2.23. The lowest BCUT2D eigenvalue weighted by atomic mass is 10.0. The van der Waals surface area contributed by atoms with E-state index in [9.17, 15) is 14.7 Å². The fraction of sp³-hybridized carbons (Fsp3) is 0.467. The summed E-state index contributed by atoms with van der Waals surface area (Å²) in [7, 11) is 0. The van der Waals surface area contributed by atoms with Gasteiger partial charge in [-0.2, -0.15) is 0 Å². The van der Waals surface area contributed by atoms with Gasteiger partial charge in [-0.1, -0.05) is 26.0 Å². The van der Waals surface area contributed by atoms with Gasteiger partial charge in [-0.15, -0.1) is 0 Å². The number of benzene rings is 1. The van der Waals surface area contributed by atoms with Gasteiger partial charge in [0.15, 0.2) is 0 Å². The first kappa shape index (κ1) is 17.9. The smallest absolute Gasteiger partial charge is 0.249 e. The summed E-state index contributed by atoms with van der Waals surface area (Å²) < 4.78 is 1.04. The lowest BCUT2D eigenvalue weighted by Gasteiger charge is -2.19. The molecule has 0 aliphatic rings. The van der Waals surface area contributed by atoms with Gasteiger partial charge in [0.25, 0.3) is 0 Å². The average molecular weight is 404 g/mol. The van der Waals surface area contributed by atoms with Crippen LogP contribution in [0, 0.1) is 9.49 Å². The van der Waals surface area contributed by atoms with E-state index in [1.54, 1.807) is 0 Å². The number of nitrogens with one attached hydrogen (secondary N) is 1. The molecule has 0 spiro atoms. The van der Waals surface area contributed by atoms with Crippen LogP contribution in [0.5, 0.6) is 0 Å². The van der Waals surface area contributed by atoms with Crippen molar-refractivity contribution in [2.75, 3.05) is 0 Å². The molecule has 0 aliphatic carbocycles. The zero-order valence-electron chi connectivity index (χ0n) is 12.2. The van der Waals surface area contributed by atoms with Crippen LogP contribution in [-0.4, -0.2) is 29.1 Å². The first-order valence-corrected chi connectivity index (χ1v) is 7.89. The molecule has 1 aromatic carbocycles. The Hall–Kier alpha value is -1.15. The fourth-order valence-electron chi connectivity index (χ4n) is 1.94. The van der Waals surface area contributed by atoms with Crippen LogP contribution < -0.4 is 11.1 Å². The lowest BCUT2D eigenvalue weighted by Crippen LogP contribution is -2.49. The molecule has 0 saturated carbocycles. The van der Waals surface area contributed by atoms with Crippen LogP contribution in [0.15, 0.2) is 24.3 Å². The summed E-state index contributed by atoms with van der Waals surface area (Å²) >= 11 is 2.18. The lowest BCUT2D eigenvalue weighted by molar-refractivity contribution is -0.133. The number of halogens is 1. The average Bonchev–Trinajstić information content (AvgIpc) is 2.36. The molecule has 0 aromatic heterocycles. The van der Waals surface area contributed by atoms with Gasteiger partial charge in [-0.05, 0) is 52.6 Å². The van der Waals surface area contributed by atoms with Crippen molar-refractivity contribution in [2.45, 2.75) is 38.8 Å². The van der Waals surface area contributed by atoms with Crippen LogP contribution in [0.1, 0.15) is 25.8 Å². The number of carbonyl (C=O) groups is 2. The second-order valence-electron chi connectivity index (χ2n) is 5.44. The Morgan fingerprint density at radius 1 is 1.38 bits per heavy atom. The van der Waals surface area contributed by atoms with E-state index in [1.165, 1.54) is 0 Å². The van der Waals surface area contributed by atoms with Gasteiger partial charge in [-0.3, -0.25) is 9.59 Å². The quantitative estimate of drug-likeness (QED) is 0.597. The summed E-state index contributed by atoms with van der Waals surface area (Å²) in [5.41, 5.74) is 6.24. The molecule has 4 N–H and O–H groups in total. The summed E-state index contributed by atoms with van der Waals surface area (Å²) in [6.45, 7) is 3.82. The van der Waals surface area contributed by atoms with Gasteiger partial charge in [0.1, 0.15) is 12.1 Å². The molecule has 0 bridgehead atoms. The number of amides is 2. The van der Waals surface area contributed by atoms with Crippen molar-refractivity contribution >= 4 is 34.4 Å². The number of hydrogen-bond donors (Lipinski definition) is 3. The molecule has 0 aliphatic heterocycles. The Kier molecular flexibility index (Phi) is 7.10. The minimum atomic E-state index is -1.12. The van der Waals surface area contributed by atoms with Crippen LogP contribution in [-0.2, 0) is 16.0 Å². The Morgan fingerprint density at radius 2 is 2.05 bits per heavy atom. The van der Waals surface area contributed by atoms with Gasteiger partial charge in [0.2, 0.25) is 11.8 Å². The minimum Gasteiger partial charge on any atom is -0.383 e. The third kappa shape index (κ3) is 6.43. The summed E-state index contributed by atoms with van der Waals surface area (Å²) in [5, 5.41) is 12.3. The zero-order valence-corrected chi connectivity index (χ0v) is 14.3. The van der Waals surface area contributed by atoms with E-state index in [-0.39, 0.29) is 5.92 Å². The normalized spacial score (nSPS) is 13.8. The number of hydrogen-bond acceptors (Lipinski definition) is 3. The molecule has 21 heavy (non-hydrogen) atoms. The van der Waals surface area contributed by atoms with E-state index >= 15 is 0 Å². The van der Waals surface area contributed by atoms with Gasteiger partial charge >= 0.3 is 0 Å². The molecule has 6 heteroatoms. The largest absolute Gasteiger partial charge is 0.383 e. The predicted octanol–water partition coefficient (Wildman–Crippen LogP) is 1.21. The van der Waals surface area contributed by atoms with Crippen molar-refractivity contribution < 1.29 is 14.7 Å². The molecule has 0 radical (unpaired) electrons. The molecule has 2 amide bonds. The molecule has 1 aromatic rings. The Balaban J connectivity index is 2.70. The van der Waals surface area contributed by atoms with Crippen molar-refractivity contribution in [2.24, 2.45) is 11.7 Å². The molecule has 0 heterocycles. The number of rotatable bonds is 7. The highest BCUT2D eigenvalue weighted by molar-refractivity contribution is 14.1. The highest BCUT2D eigenvalue weighted by Crippen LogP contribution is 2.10. The van der Waals surface area contributed by atoms with Crippen molar-refractivity contribution in [1.82, 2.24) is 5.32 Å². The molecule has 5 nitrogen and oxygen atoms in total. The summed E-state index contributed by atoms with van der Waals surface area (Å²) in [6, 6.07) is 6.79. The van der Waals surface area contributed by atoms with E-state index in [1.807, 2.05) is 38.1 Å². The summed E-state index contributed by atoms with van der Waals surface area (Å²) in [6.07, 6.45) is -0.463. The number of carbonyl (C=O) groups excluding carboxylic acids is 2. The van der Waals surface area contributed by atoms with Gasteiger partial charge in [-0.25, -0.2) is 0 Å². The molecule has 0 fully saturated rings. The first-order chi connectivity index (χ1) is 9.79. The third-order valence-electron chi connectivity index (χ3n) is 2.99. The van der Waals surface area contributed by atoms with Crippen molar-refractivity contribution in [3.63, 3.8) is 0 Å². The van der Waals surface area contributed by atoms with Crippen LogP contribution in [0.2, 0.25) is 0 Å². The van der Waals surface area contributed by atoms with Crippen molar-refractivity contribution in [1.29, 1.82) is 0 Å². The van der Waals surface area contributed by atoms with Gasteiger partial charge in [0, 0.05) is 9.99 Å². The Morgan fingerprint density at radius 3 is 2.57 bits per heavy atom.